The molecule has 2 heterocycles. The zero-order chi connectivity index (χ0) is 13.0. The van der Waals surface area contributed by atoms with Gasteiger partial charge in [-0.25, -0.2) is 0 Å². The summed E-state index contributed by atoms with van der Waals surface area (Å²) in [4.78, 5) is 29.9. The molecule has 5 nitrogen and oxygen atoms in total. The third kappa shape index (κ3) is 3.53. The minimum atomic E-state index is 0.0520. The molecular formula is C12H17N3O2S. The largest absolute Gasteiger partial charge is 0.352 e. The van der Waals surface area contributed by atoms with Crippen molar-refractivity contribution < 1.29 is 9.59 Å². The highest BCUT2D eigenvalue weighted by Crippen LogP contribution is 2.11. The van der Waals surface area contributed by atoms with E-state index in [4.69, 9.17) is 0 Å². The van der Waals surface area contributed by atoms with Crippen LogP contribution in [0.1, 0.15) is 24.1 Å². The second-order valence-electron chi connectivity index (χ2n) is 4.55. The van der Waals surface area contributed by atoms with Gasteiger partial charge in [-0.05, 0) is 12.8 Å². The number of hydrogen-bond acceptors (Lipinski definition) is 4. The lowest BCUT2D eigenvalue weighted by molar-refractivity contribution is -0.134. The molecule has 1 aromatic heterocycles. The number of likely N-dealkylation sites (tertiary alicyclic amines) is 1. The monoisotopic (exact) mass is 267 g/mol. The van der Waals surface area contributed by atoms with Crippen LogP contribution < -0.4 is 5.32 Å². The highest BCUT2D eigenvalue weighted by molar-refractivity contribution is 7.09. The van der Waals surface area contributed by atoms with Crippen LogP contribution in [0.4, 0.5) is 0 Å². The maximum Gasteiger partial charge on any atom is 0.222 e. The van der Waals surface area contributed by atoms with Crippen molar-refractivity contribution in [2.75, 3.05) is 13.6 Å². The Bertz CT molecular complexity index is 419. The standard InChI is InChI=1S/C12H17N3O2S/c1-15-7-9(2-5-12(15)17)14-11(16)4-3-10-6-13-8-18-10/h6,8-9H,2-5,7H2,1H3,(H,14,16)/t9-/m0/s1. The Labute approximate surface area is 110 Å². The summed E-state index contributed by atoms with van der Waals surface area (Å²) in [5, 5.41) is 2.98. The molecule has 0 unspecified atom stereocenters. The highest BCUT2D eigenvalue weighted by Gasteiger charge is 2.23. The predicted molar refractivity (Wildman–Crippen MR) is 69.2 cm³/mol. The zero-order valence-corrected chi connectivity index (χ0v) is 11.2. The van der Waals surface area contributed by atoms with Gasteiger partial charge in [0.2, 0.25) is 11.8 Å². The normalized spacial score (nSPS) is 19.9. The lowest BCUT2D eigenvalue weighted by Gasteiger charge is -2.30. The Morgan fingerprint density at radius 1 is 1.67 bits per heavy atom. The Hall–Kier alpha value is -1.43. The Balaban J connectivity index is 1.72. The van der Waals surface area contributed by atoms with Crippen LogP contribution >= 0.6 is 11.3 Å². The van der Waals surface area contributed by atoms with E-state index in [0.717, 1.165) is 17.7 Å². The van der Waals surface area contributed by atoms with E-state index in [1.165, 1.54) is 0 Å². The number of likely N-dealkylation sites (N-methyl/N-ethyl adjacent to an activating group) is 1. The molecule has 2 amide bonds. The summed E-state index contributed by atoms with van der Waals surface area (Å²) in [6.45, 7) is 0.616. The maximum atomic E-state index is 11.8. The first-order valence-corrected chi connectivity index (χ1v) is 6.94. The minimum absolute atomic E-state index is 0.0520. The molecule has 1 fully saturated rings. The van der Waals surface area contributed by atoms with Crippen molar-refractivity contribution in [1.29, 1.82) is 0 Å². The van der Waals surface area contributed by atoms with Gasteiger partial charge >= 0.3 is 0 Å². The van der Waals surface area contributed by atoms with Gasteiger partial charge in [-0.3, -0.25) is 14.6 Å². The minimum Gasteiger partial charge on any atom is -0.352 e. The fraction of sp³-hybridized carbons (Fsp3) is 0.583. The first-order chi connectivity index (χ1) is 8.65. The van der Waals surface area contributed by atoms with Crippen molar-refractivity contribution in [3.8, 4) is 0 Å². The maximum absolute atomic E-state index is 11.8. The predicted octanol–water partition coefficient (Wildman–Crippen LogP) is 0.813. The zero-order valence-electron chi connectivity index (χ0n) is 10.4. The number of aromatic nitrogens is 1. The first-order valence-electron chi connectivity index (χ1n) is 6.06. The molecule has 1 aliphatic rings. The number of nitrogens with one attached hydrogen (secondary N) is 1. The molecule has 0 saturated carbocycles. The molecule has 0 aromatic carbocycles. The number of amides is 2. The van der Waals surface area contributed by atoms with E-state index in [9.17, 15) is 9.59 Å². The molecule has 0 radical (unpaired) electrons. The molecule has 1 saturated heterocycles. The van der Waals surface area contributed by atoms with Crippen LogP contribution in [-0.4, -0.2) is 41.3 Å². The summed E-state index contributed by atoms with van der Waals surface area (Å²) in [6.07, 6.45) is 4.28. The smallest absolute Gasteiger partial charge is 0.222 e. The molecule has 18 heavy (non-hydrogen) atoms. The molecule has 1 aliphatic heterocycles. The van der Waals surface area contributed by atoms with Crippen LogP contribution in [0.25, 0.3) is 0 Å². The van der Waals surface area contributed by atoms with Gasteiger partial charge in [-0.1, -0.05) is 0 Å². The first kappa shape index (κ1) is 13.0. The van der Waals surface area contributed by atoms with E-state index in [2.05, 4.69) is 10.3 Å². The third-order valence-corrected chi connectivity index (χ3v) is 3.91. The van der Waals surface area contributed by atoms with Crippen molar-refractivity contribution in [2.24, 2.45) is 0 Å². The van der Waals surface area contributed by atoms with E-state index in [1.807, 2.05) is 0 Å². The lowest BCUT2D eigenvalue weighted by atomic mass is 10.1. The summed E-state index contributed by atoms with van der Waals surface area (Å²) in [5.41, 5.74) is 1.77. The van der Waals surface area contributed by atoms with Crippen molar-refractivity contribution in [2.45, 2.75) is 31.7 Å². The van der Waals surface area contributed by atoms with Gasteiger partial charge in [-0.15, -0.1) is 11.3 Å². The Morgan fingerprint density at radius 3 is 3.17 bits per heavy atom. The number of rotatable bonds is 4. The van der Waals surface area contributed by atoms with Crippen LogP contribution in [0.5, 0.6) is 0 Å². The fourth-order valence-corrected chi connectivity index (χ4v) is 2.63. The van der Waals surface area contributed by atoms with Crippen molar-refractivity contribution >= 4 is 23.2 Å². The molecule has 0 bridgehead atoms. The van der Waals surface area contributed by atoms with Crippen LogP contribution in [0, 0.1) is 0 Å². The van der Waals surface area contributed by atoms with E-state index in [1.54, 1.807) is 35.0 Å². The van der Waals surface area contributed by atoms with E-state index >= 15 is 0 Å². The van der Waals surface area contributed by atoms with Gasteiger partial charge < -0.3 is 10.2 Å². The number of carbonyl (C=O) groups excluding carboxylic acids is 2. The molecule has 1 aromatic rings. The lowest BCUT2D eigenvalue weighted by Crippen LogP contribution is -2.48. The summed E-state index contributed by atoms with van der Waals surface area (Å²) < 4.78 is 0. The molecule has 1 N–H and O–H groups in total. The van der Waals surface area contributed by atoms with Gasteiger partial charge in [0, 0.05) is 43.5 Å². The van der Waals surface area contributed by atoms with E-state index < -0.39 is 0 Å². The van der Waals surface area contributed by atoms with Crippen LogP contribution in [-0.2, 0) is 16.0 Å². The van der Waals surface area contributed by atoms with E-state index in [-0.39, 0.29) is 17.9 Å². The summed E-state index contributed by atoms with van der Waals surface area (Å²) in [6, 6.07) is 0.0988. The fourth-order valence-electron chi connectivity index (χ4n) is 2.03. The van der Waals surface area contributed by atoms with Crippen molar-refractivity contribution in [1.82, 2.24) is 15.2 Å². The molecule has 0 spiro atoms. The number of thiazole rings is 1. The summed E-state index contributed by atoms with van der Waals surface area (Å²) >= 11 is 1.57. The Morgan fingerprint density at radius 2 is 2.50 bits per heavy atom. The third-order valence-electron chi connectivity index (χ3n) is 3.07. The molecule has 6 heteroatoms. The Kier molecular flexibility index (Phi) is 4.30. The van der Waals surface area contributed by atoms with Crippen molar-refractivity contribution in [3.63, 3.8) is 0 Å². The van der Waals surface area contributed by atoms with Gasteiger partial charge in [0.25, 0.3) is 0 Å². The summed E-state index contributed by atoms with van der Waals surface area (Å²) in [7, 11) is 1.78. The van der Waals surface area contributed by atoms with Crippen molar-refractivity contribution in [3.05, 3.63) is 16.6 Å². The topological polar surface area (TPSA) is 62.3 Å². The SMILES string of the molecule is CN1C[C@@H](NC(=O)CCc2cncs2)CCC1=O. The van der Waals surface area contributed by atoms with Crippen LogP contribution in [0.3, 0.4) is 0 Å². The van der Waals surface area contributed by atoms with Crippen LogP contribution in [0.2, 0.25) is 0 Å². The molecule has 0 aliphatic carbocycles. The number of piperidine rings is 1. The highest BCUT2D eigenvalue weighted by atomic mass is 32.1. The van der Waals surface area contributed by atoms with Gasteiger partial charge in [-0.2, -0.15) is 0 Å². The summed E-state index contributed by atoms with van der Waals surface area (Å²) in [5.74, 6) is 0.210. The number of carbonyl (C=O) groups is 2. The average Bonchev–Trinajstić information content (AvgIpc) is 2.84. The van der Waals surface area contributed by atoms with Gasteiger partial charge in [0.1, 0.15) is 0 Å². The molecule has 1 atom stereocenters. The quantitative estimate of drug-likeness (QED) is 0.878. The number of nitrogens with zero attached hydrogens (tertiary/aromatic N) is 2. The van der Waals surface area contributed by atoms with Gasteiger partial charge in [0.05, 0.1) is 5.51 Å². The number of aryl methyl sites for hydroxylation is 1. The second kappa shape index (κ2) is 5.95. The number of hydrogen-bond donors (Lipinski definition) is 1. The molecular weight excluding hydrogens is 250 g/mol. The van der Waals surface area contributed by atoms with E-state index in [0.29, 0.717) is 19.4 Å². The van der Waals surface area contributed by atoms with Gasteiger partial charge in [0.15, 0.2) is 0 Å². The molecule has 98 valence electrons. The second-order valence-corrected chi connectivity index (χ2v) is 5.52. The average molecular weight is 267 g/mol. The molecule has 2 rings (SSSR count). The van der Waals surface area contributed by atoms with Crippen LogP contribution in [0.15, 0.2) is 11.7 Å².